The van der Waals surface area contributed by atoms with Crippen LogP contribution in [0.3, 0.4) is 0 Å². The molecule has 4 aromatic rings. The number of hydrogen-bond acceptors (Lipinski definition) is 2. The van der Waals surface area contributed by atoms with Gasteiger partial charge in [-0.25, -0.2) is 9.55 Å². The van der Waals surface area contributed by atoms with Crippen LogP contribution in [0.15, 0.2) is 47.0 Å². The summed E-state index contributed by atoms with van der Waals surface area (Å²) < 4.78 is 39.3. The van der Waals surface area contributed by atoms with Gasteiger partial charge >= 0.3 is 0 Å². The van der Waals surface area contributed by atoms with Gasteiger partial charge in [0.05, 0.1) is 5.56 Å². The average molecular weight is 349 g/mol. The molecule has 0 N–H and O–H groups in total. The van der Waals surface area contributed by atoms with Crippen molar-refractivity contribution in [2.24, 2.45) is 12.9 Å². The number of fused-ring (bicyclic) bond motifs is 3. The zero-order chi connectivity index (χ0) is 21.8. The SMILES string of the molecule is [2H]C([2H])([2H])C([2H])(C)Cc1ccc2c(n1)oc1c(-c3cc(C)cc[n+]3C)c(C)ccc12. The van der Waals surface area contributed by atoms with Gasteiger partial charge in [-0.05, 0) is 49.4 Å². The first kappa shape index (κ1) is 12.6. The third-order valence-corrected chi connectivity index (χ3v) is 4.78. The molecular formula is C23H25N2O+. The fraction of sp³-hybridized carbons (Fsp3) is 0.304. The van der Waals surface area contributed by atoms with Crippen LogP contribution in [0.5, 0.6) is 0 Å². The van der Waals surface area contributed by atoms with Gasteiger partial charge in [-0.3, -0.25) is 0 Å². The van der Waals surface area contributed by atoms with E-state index >= 15 is 0 Å². The van der Waals surface area contributed by atoms with E-state index in [2.05, 4.69) is 41.6 Å². The summed E-state index contributed by atoms with van der Waals surface area (Å²) in [6.07, 6.45) is 2.06. The summed E-state index contributed by atoms with van der Waals surface area (Å²) in [6.45, 7) is 3.16. The molecule has 0 radical (unpaired) electrons. The molecule has 0 spiro atoms. The van der Waals surface area contributed by atoms with Crippen molar-refractivity contribution >= 4 is 22.1 Å². The smallest absolute Gasteiger partial charge is 0.227 e. The fourth-order valence-corrected chi connectivity index (χ4v) is 3.47. The molecule has 0 aliphatic rings. The summed E-state index contributed by atoms with van der Waals surface area (Å²) in [5.74, 6) is -1.61. The number of nitrogens with zero attached hydrogens (tertiary/aromatic N) is 2. The molecular weight excluding hydrogens is 320 g/mol. The molecule has 0 fully saturated rings. The van der Waals surface area contributed by atoms with E-state index in [1.165, 1.54) is 6.92 Å². The largest absolute Gasteiger partial charge is 0.437 e. The molecule has 3 heteroatoms. The van der Waals surface area contributed by atoms with E-state index in [1.54, 1.807) is 6.07 Å². The van der Waals surface area contributed by atoms with Crippen LogP contribution in [-0.4, -0.2) is 4.98 Å². The van der Waals surface area contributed by atoms with Gasteiger partial charge < -0.3 is 4.42 Å². The third kappa shape index (κ3) is 2.78. The molecule has 3 nitrogen and oxygen atoms in total. The maximum absolute atomic E-state index is 8.21. The normalized spacial score (nSPS) is 16.8. The highest BCUT2D eigenvalue weighted by Gasteiger charge is 2.21. The van der Waals surface area contributed by atoms with Crippen LogP contribution in [0, 0.1) is 19.7 Å². The lowest BCUT2D eigenvalue weighted by atomic mass is 10.00. The van der Waals surface area contributed by atoms with Gasteiger partial charge in [-0.2, -0.15) is 0 Å². The Bertz CT molecular complexity index is 1270. The molecule has 26 heavy (non-hydrogen) atoms. The summed E-state index contributed by atoms with van der Waals surface area (Å²) in [5, 5.41) is 1.85. The van der Waals surface area contributed by atoms with Crippen LogP contribution in [0.1, 0.15) is 36.1 Å². The summed E-state index contributed by atoms with van der Waals surface area (Å²) in [6, 6.07) is 12.0. The second-order valence-electron chi connectivity index (χ2n) is 7.05. The third-order valence-electron chi connectivity index (χ3n) is 4.78. The molecule has 0 aliphatic carbocycles. The number of hydrogen-bond donors (Lipinski definition) is 0. The number of furan rings is 1. The highest BCUT2D eigenvalue weighted by atomic mass is 16.3. The monoisotopic (exact) mass is 349 g/mol. The summed E-state index contributed by atoms with van der Waals surface area (Å²) in [7, 11) is 2.01. The first-order chi connectivity index (χ1) is 14.0. The zero-order valence-electron chi connectivity index (χ0n) is 19.6. The Hall–Kier alpha value is -2.68. The van der Waals surface area contributed by atoms with Crippen LogP contribution in [0.2, 0.25) is 0 Å². The Morgan fingerprint density at radius 2 is 2.00 bits per heavy atom. The van der Waals surface area contributed by atoms with E-state index in [0.717, 1.165) is 38.7 Å². The molecule has 0 saturated heterocycles. The van der Waals surface area contributed by atoms with Gasteiger partial charge in [0.2, 0.25) is 11.4 Å². The van der Waals surface area contributed by atoms with Crippen molar-refractivity contribution in [3.63, 3.8) is 0 Å². The second-order valence-corrected chi connectivity index (χ2v) is 7.05. The van der Waals surface area contributed by atoms with Gasteiger partial charge in [0.25, 0.3) is 0 Å². The van der Waals surface area contributed by atoms with Crippen LogP contribution >= 0.6 is 0 Å². The van der Waals surface area contributed by atoms with Crippen molar-refractivity contribution in [3.8, 4) is 11.3 Å². The number of benzene rings is 1. The molecule has 4 rings (SSSR count). The summed E-state index contributed by atoms with van der Waals surface area (Å²) in [5.41, 5.74) is 6.10. The lowest BCUT2D eigenvalue weighted by Gasteiger charge is -2.06. The first-order valence-electron chi connectivity index (χ1n) is 10.8. The molecule has 1 atom stereocenters. The minimum Gasteiger partial charge on any atom is -0.437 e. The summed E-state index contributed by atoms with van der Waals surface area (Å²) >= 11 is 0. The van der Waals surface area contributed by atoms with Crippen LogP contribution < -0.4 is 4.57 Å². The standard InChI is InChI=1S/C23H25N2O/c1-14(2)12-17-7-9-19-18-8-6-16(4)21(22(18)26-23(19)24-17)20-13-15(3)10-11-25(20)5/h6-11,13-14H,12H2,1-5H3/q+1/i1D3,14D. The molecule has 0 saturated carbocycles. The number of pyridine rings is 2. The Morgan fingerprint density at radius 3 is 2.81 bits per heavy atom. The molecule has 3 heterocycles. The van der Waals surface area contributed by atoms with Crippen molar-refractivity contribution in [1.29, 1.82) is 0 Å². The maximum Gasteiger partial charge on any atom is 0.227 e. The van der Waals surface area contributed by atoms with Gasteiger partial charge in [0.1, 0.15) is 7.05 Å². The van der Waals surface area contributed by atoms with E-state index in [-0.39, 0.29) is 6.42 Å². The van der Waals surface area contributed by atoms with E-state index < -0.39 is 12.7 Å². The van der Waals surface area contributed by atoms with Crippen molar-refractivity contribution in [1.82, 2.24) is 4.98 Å². The second kappa shape index (κ2) is 6.24. The number of rotatable bonds is 3. The molecule has 1 unspecified atom stereocenters. The Kier molecular flexibility index (Phi) is 3.03. The quantitative estimate of drug-likeness (QED) is 0.471. The molecule has 132 valence electrons. The molecule has 3 aromatic heterocycles. The minimum atomic E-state index is -2.39. The first-order valence-corrected chi connectivity index (χ1v) is 8.76. The van der Waals surface area contributed by atoms with Crippen molar-refractivity contribution in [3.05, 3.63) is 59.4 Å². The van der Waals surface area contributed by atoms with Gasteiger partial charge in [-0.15, -0.1) is 0 Å². The Labute approximate surface area is 159 Å². The predicted octanol–water partition coefficient (Wildman–Crippen LogP) is 5.29. The molecule has 0 aliphatic heterocycles. The van der Waals surface area contributed by atoms with Crippen LogP contribution in [-0.2, 0) is 13.5 Å². The van der Waals surface area contributed by atoms with Crippen molar-refractivity contribution in [2.45, 2.75) is 34.0 Å². The van der Waals surface area contributed by atoms with Crippen molar-refractivity contribution < 1.29 is 14.5 Å². The molecule has 1 aromatic carbocycles. The van der Waals surface area contributed by atoms with Crippen LogP contribution in [0.25, 0.3) is 33.3 Å². The van der Waals surface area contributed by atoms with E-state index in [4.69, 9.17) is 9.90 Å². The fourth-order valence-electron chi connectivity index (χ4n) is 3.47. The topological polar surface area (TPSA) is 29.9 Å². The van der Waals surface area contributed by atoms with Crippen LogP contribution in [0.4, 0.5) is 0 Å². The van der Waals surface area contributed by atoms with E-state index in [1.807, 2.05) is 25.4 Å². The van der Waals surface area contributed by atoms with Gasteiger partial charge in [-0.1, -0.05) is 25.9 Å². The maximum atomic E-state index is 8.21. The lowest BCUT2D eigenvalue weighted by Crippen LogP contribution is -2.30. The number of aromatic nitrogens is 2. The summed E-state index contributed by atoms with van der Waals surface area (Å²) in [4.78, 5) is 4.57. The predicted molar refractivity (Wildman–Crippen MR) is 106 cm³/mol. The highest BCUT2D eigenvalue weighted by molar-refractivity contribution is 6.08. The Morgan fingerprint density at radius 1 is 1.19 bits per heavy atom. The van der Waals surface area contributed by atoms with Crippen molar-refractivity contribution in [2.75, 3.05) is 0 Å². The molecule has 0 bridgehead atoms. The van der Waals surface area contributed by atoms with Gasteiger partial charge in [0, 0.05) is 34.1 Å². The van der Waals surface area contributed by atoms with E-state index in [0.29, 0.717) is 11.4 Å². The number of aryl methyl sites for hydroxylation is 3. The highest BCUT2D eigenvalue weighted by Crippen LogP contribution is 2.36. The Balaban J connectivity index is 1.90. The minimum absolute atomic E-state index is 0.0230. The average Bonchev–Trinajstić information content (AvgIpc) is 3.00. The zero-order valence-corrected chi connectivity index (χ0v) is 15.6. The molecule has 0 amide bonds. The van der Waals surface area contributed by atoms with Gasteiger partial charge in [0.15, 0.2) is 11.8 Å². The van der Waals surface area contributed by atoms with E-state index in [9.17, 15) is 0 Å². The lowest BCUT2D eigenvalue weighted by molar-refractivity contribution is -0.660.